The summed E-state index contributed by atoms with van der Waals surface area (Å²) in [6.07, 6.45) is 1.60. The molecule has 0 radical (unpaired) electrons. The number of hydrogen-bond donors (Lipinski definition) is 2. The van der Waals surface area contributed by atoms with Gasteiger partial charge in [0.15, 0.2) is 5.78 Å². The zero-order valence-electron chi connectivity index (χ0n) is 13.2. The van der Waals surface area contributed by atoms with E-state index in [1.165, 1.54) is 11.6 Å². The molecule has 1 aromatic heterocycles. The molecular formula is C19H17N3O2. The van der Waals surface area contributed by atoms with E-state index in [4.69, 9.17) is 0 Å². The maximum absolute atomic E-state index is 12.6. The molecule has 0 unspecified atom stereocenters. The summed E-state index contributed by atoms with van der Waals surface area (Å²) in [7, 11) is 0. The van der Waals surface area contributed by atoms with E-state index in [-0.39, 0.29) is 11.3 Å². The summed E-state index contributed by atoms with van der Waals surface area (Å²) in [5.41, 5.74) is 1.89. The van der Waals surface area contributed by atoms with Crippen molar-refractivity contribution in [2.75, 3.05) is 5.32 Å². The highest BCUT2D eigenvalue weighted by molar-refractivity contribution is 5.95. The molecule has 0 bridgehead atoms. The lowest BCUT2D eigenvalue weighted by molar-refractivity contribution is 0.101. The Balaban J connectivity index is 1.99. The molecule has 0 saturated heterocycles. The minimum Gasteiger partial charge on any atom is -0.361 e. The zero-order valence-corrected chi connectivity index (χ0v) is 13.2. The van der Waals surface area contributed by atoms with Gasteiger partial charge in [-0.1, -0.05) is 36.9 Å². The van der Waals surface area contributed by atoms with Crippen LogP contribution in [0.5, 0.6) is 0 Å². The first-order valence-corrected chi connectivity index (χ1v) is 7.49. The molecule has 2 aromatic carbocycles. The first-order valence-electron chi connectivity index (χ1n) is 7.49. The number of carbonyl (C=O) groups excluding carboxylic acids is 1. The molecule has 0 atom stereocenters. The van der Waals surface area contributed by atoms with Gasteiger partial charge in [-0.05, 0) is 31.2 Å². The van der Waals surface area contributed by atoms with Crippen LogP contribution in [0.4, 0.5) is 5.69 Å². The van der Waals surface area contributed by atoms with Crippen molar-refractivity contribution in [3.63, 3.8) is 0 Å². The predicted octanol–water partition coefficient (Wildman–Crippen LogP) is 1.63. The van der Waals surface area contributed by atoms with Crippen LogP contribution in [0.3, 0.4) is 0 Å². The minimum atomic E-state index is -0.193. The summed E-state index contributed by atoms with van der Waals surface area (Å²) in [5, 5.41) is 6.97. The molecule has 0 spiro atoms. The summed E-state index contributed by atoms with van der Waals surface area (Å²) >= 11 is 0. The Labute approximate surface area is 138 Å². The number of aromatic amines is 1. The second-order valence-electron chi connectivity index (χ2n) is 5.41. The molecule has 120 valence electrons. The minimum absolute atomic E-state index is 0.00965. The van der Waals surface area contributed by atoms with Crippen molar-refractivity contribution in [1.29, 1.82) is 0 Å². The highest BCUT2D eigenvalue weighted by Crippen LogP contribution is 2.10. The van der Waals surface area contributed by atoms with E-state index in [1.54, 1.807) is 24.4 Å². The highest BCUT2D eigenvalue weighted by Gasteiger charge is 2.04. The molecule has 2 N–H and O–H groups in total. The maximum atomic E-state index is 12.6. The van der Waals surface area contributed by atoms with Crippen molar-refractivity contribution in [3.05, 3.63) is 81.1 Å². The van der Waals surface area contributed by atoms with Crippen LogP contribution >= 0.6 is 0 Å². The smallest absolute Gasteiger partial charge is 0.280 e. The van der Waals surface area contributed by atoms with Crippen molar-refractivity contribution in [1.82, 2.24) is 9.78 Å². The quantitative estimate of drug-likeness (QED) is 0.718. The third kappa shape index (κ3) is 3.05. The Morgan fingerprint density at radius 1 is 1.17 bits per heavy atom. The molecule has 3 aromatic rings. The van der Waals surface area contributed by atoms with E-state index >= 15 is 0 Å². The number of ketones is 1. The number of Topliss-reactive ketones (excluding diaryl/α,β-unsaturated/α-hetero) is 1. The van der Waals surface area contributed by atoms with Gasteiger partial charge in [0.05, 0.1) is 16.3 Å². The average Bonchev–Trinajstić information content (AvgIpc) is 2.88. The largest absolute Gasteiger partial charge is 0.361 e. The number of carbonyl (C=O) groups is 1. The van der Waals surface area contributed by atoms with E-state index in [0.717, 1.165) is 11.4 Å². The Morgan fingerprint density at radius 3 is 2.62 bits per heavy atom. The SMILES string of the molecule is C=c1[nH]n(-c2ccccc2)c(=O)/c1=C\Nc1cccc(C(C)=O)c1. The molecule has 0 amide bonds. The lowest BCUT2D eigenvalue weighted by Gasteiger charge is -2.01. The van der Waals surface area contributed by atoms with Crippen LogP contribution in [-0.2, 0) is 0 Å². The fourth-order valence-electron chi connectivity index (χ4n) is 2.39. The van der Waals surface area contributed by atoms with Crippen molar-refractivity contribution in [3.8, 4) is 5.69 Å². The van der Waals surface area contributed by atoms with E-state index in [0.29, 0.717) is 16.1 Å². The van der Waals surface area contributed by atoms with Crippen molar-refractivity contribution < 1.29 is 4.79 Å². The van der Waals surface area contributed by atoms with E-state index < -0.39 is 0 Å². The van der Waals surface area contributed by atoms with Crippen LogP contribution in [0, 0.1) is 0 Å². The Kier molecular flexibility index (Phi) is 4.16. The summed E-state index contributed by atoms with van der Waals surface area (Å²) in [5.74, 6) is -0.00965. The number of benzene rings is 2. The molecule has 24 heavy (non-hydrogen) atoms. The number of nitrogens with zero attached hydrogens (tertiary/aromatic N) is 1. The zero-order chi connectivity index (χ0) is 17.1. The monoisotopic (exact) mass is 319 g/mol. The van der Waals surface area contributed by atoms with Gasteiger partial charge in [-0.2, -0.15) is 0 Å². The van der Waals surface area contributed by atoms with Crippen molar-refractivity contribution in [2.24, 2.45) is 0 Å². The van der Waals surface area contributed by atoms with Crippen LogP contribution in [0.25, 0.3) is 18.5 Å². The summed E-state index contributed by atoms with van der Waals surface area (Å²) in [6.45, 7) is 5.40. The number of anilines is 1. The topological polar surface area (TPSA) is 66.9 Å². The van der Waals surface area contributed by atoms with Gasteiger partial charge in [-0.25, -0.2) is 4.68 Å². The normalized spacial score (nSPS) is 11.5. The number of para-hydroxylation sites is 1. The van der Waals surface area contributed by atoms with E-state index in [1.807, 2.05) is 36.4 Å². The fraction of sp³-hybridized carbons (Fsp3) is 0.0526. The molecular weight excluding hydrogens is 302 g/mol. The third-order valence-electron chi connectivity index (χ3n) is 3.67. The summed E-state index contributed by atoms with van der Waals surface area (Å²) in [4.78, 5) is 24.0. The molecule has 0 aliphatic rings. The van der Waals surface area contributed by atoms with Gasteiger partial charge in [-0.15, -0.1) is 0 Å². The Bertz CT molecular complexity index is 1050. The van der Waals surface area contributed by atoms with Crippen LogP contribution in [0.1, 0.15) is 17.3 Å². The standard InChI is InChI=1S/C19H17N3O2/c1-13-18(12-20-16-8-6-7-15(11-16)14(2)23)19(24)22(21-13)17-9-4-3-5-10-17/h3-12,20-21H,1H2,2H3/b18-12-. The number of aromatic nitrogens is 2. The molecule has 1 heterocycles. The maximum Gasteiger partial charge on any atom is 0.280 e. The summed E-state index contributed by atoms with van der Waals surface area (Å²) in [6, 6.07) is 16.4. The first-order chi connectivity index (χ1) is 11.6. The first kappa shape index (κ1) is 15.6. The number of H-pyrrole nitrogens is 1. The Hall–Kier alpha value is -3.34. The van der Waals surface area contributed by atoms with Crippen LogP contribution in [0.2, 0.25) is 0 Å². The second kappa shape index (κ2) is 6.42. The number of nitrogens with one attached hydrogen (secondary N) is 2. The highest BCUT2D eigenvalue weighted by atomic mass is 16.1. The third-order valence-corrected chi connectivity index (χ3v) is 3.67. The van der Waals surface area contributed by atoms with Crippen LogP contribution in [0.15, 0.2) is 59.4 Å². The van der Waals surface area contributed by atoms with Gasteiger partial charge in [0.1, 0.15) is 0 Å². The fourth-order valence-corrected chi connectivity index (χ4v) is 2.39. The molecule has 0 aliphatic carbocycles. The van der Waals surface area contributed by atoms with Gasteiger partial charge in [0, 0.05) is 17.5 Å². The van der Waals surface area contributed by atoms with Crippen molar-refractivity contribution in [2.45, 2.75) is 6.92 Å². The lowest BCUT2D eigenvalue weighted by Crippen LogP contribution is -2.34. The van der Waals surface area contributed by atoms with Gasteiger partial charge >= 0.3 is 0 Å². The van der Waals surface area contributed by atoms with E-state index in [2.05, 4.69) is 17.0 Å². The number of hydrogen-bond acceptors (Lipinski definition) is 3. The van der Waals surface area contributed by atoms with Crippen LogP contribution < -0.4 is 21.4 Å². The molecule has 0 saturated carbocycles. The van der Waals surface area contributed by atoms with Crippen molar-refractivity contribution >= 4 is 24.2 Å². The van der Waals surface area contributed by atoms with E-state index in [9.17, 15) is 9.59 Å². The average molecular weight is 319 g/mol. The molecule has 0 aliphatic heterocycles. The molecule has 3 rings (SSSR count). The number of rotatable bonds is 4. The lowest BCUT2D eigenvalue weighted by atomic mass is 10.1. The molecule has 5 nitrogen and oxygen atoms in total. The van der Waals surface area contributed by atoms with Gasteiger partial charge in [0.25, 0.3) is 5.56 Å². The predicted molar refractivity (Wildman–Crippen MR) is 95.7 cm³/mol. The second-order valence-corrected chi connectivity index (χ2v) is 5.41. The Morgan fingerprint density at radius 2 is 1.92 bits per heavy atom. The van der Waals surface area contributed by atoms with Gasteiger partial charge in [0.2, 0.25) is 0 Å². The molecule has 0 fully saturated rings. The van der Waals surface area contributed by atoms with Gasteiger partial charge in [-0.3, -0.25) is 14.7 Å². The molecule has 5 heteroatoms. The van der Waals surface area contributed by atoms with Gasteiger partial charge < -0.3 is 5.32 Å². The van der Waals surface area contributed by atoms with Crippen LogP contribution in [-0.4, -0.2) is 15.6 Å². The summed E-state index contributed by atoms with van der Waals surface area (Å²) < 4.78 is 1.45.